The SMILES string of the molecule is O=C(O)c1ccc(Cl)cc1-n1c(/C=C/c2ccc(F)cc2)nc2ccccc2c1=O. The van der Waals surface area contributed by atoms with E-state index in [0.29, 0.717) is 16.5 Å². The Morgan fingerprint density at radius 1 is 1.03 bits per heavy atom. The van der Waals surface area contributed by atoms with Crippen molar-refractivity contribution in [3.63, 3.8) is 0 Å². The van der Waals surface area contributed by atoms with Crippen LogP contribution in [0.3, 0.4) is 0 Å². The van der Waals surface area contributed by atoms with Crippen LogP contribution < -0.4 is 5.56 Å². The molecule has 0 saturated heterocycles. The van der Waals surface area contributed by atoms with Gasteiger partial charge in [-0.15, -0.1) is 0 Å². The van der Waals surface area contributed by atoms with Crippen molar-refractivity contribution >= 4 is 40.6 Å². The molecule has 0 aliphatic carbocycles. The average molecular weight is 421 g/mol. The highest BCUT2D eigenvalue weighted by Crippen LogP contribution is 2.22. The Bertz CT molecular complexity index is 1360. The second-order valence-electron chi connectivity index (χ2n) is 6.48. The standard InChI is InChI=1S/C23H14ClFN2O3/c24-15-8-11-18(23(29)30)20(13-15)27-21(12-7-14-5-9-16(25)10-6-14)26-19-4-2-1-3-17(19)22(27)28/h1-13H,(H,29,30)/b12-7+. The largest absolute Gasteiger partial charge is 0.478 e. The van der Waals surface area contributed by atoms with Crippen molar-refractivity contribution in [3.05, 3.63) is 105 Å². The Kier molecular flexibility index (Phi) is 5.16. The molecule has 0 bridgehead atoms. The number of halogens is 2. The number of rotatable bonds is 4. The van der Waals surface area contributed by atoms with Gasteiger partial charge in [0.25, 0.3) is 5.56 Å². The highest BCUT2D eigenvalue weighted by molar-refractivity contribution is 6.31. The van der Waals surface area contributed by atoms with Gasteiger partial charge in [0.15, 0.2) is 0 Å². The number of carboxylic acids is 1. The van der Waals surface area contributed by atoms with E-state index in [1.807, 2.05) is 0 Å². The van der Waals surface area contributed by atoms with Crippen molar-refractivity contribution in [2.24, 2.45) is 0 Å². The summed E-state index contributed by atoms with van der Waals surface area (Å²) in [6.07, 6.45) is 3.24. The van der Waals surface area contributed by atoms with Gasteiger partial charge >= 0.3 is 5.97 Å². The van der Waals surface area contributed by atoms with Gasteiger partial charge < -0.3 is 5.11 Å². The quantitative estimate of drug-likeness (QED) is 0.501. The van der Waals surface area contributed by atoms with E-state index in [0.717, 1.165) is 0 Å². The number of nitrogens with zero attached hydrogens (tertiary/aromatic N) is 2. The van der Waals surface area contributed by atoms with Crippen LogP contribution in [0.25, 0.3) is 28.7 Å². The third-order valence-corrected chi connectivity index (χ3v) is 4.76. The van der Waals surface area contributed by atoms with E-state index >= 15 is 0 Å². The Morgan fingerprint density at radius 3 is 2.50 bits per heavy atom. The van der Waals surface area contributed by atoms with Gasteiger partial charge in [-0.05, 0) is 54.1 Å². The number of benzene rings is 3. The van der Waals surface area contributed by atoms with Crippen LogP contribution in [0.1, 0.15) is 21.7 Å². The molecule has 5 nitrogen and oxygen atoms in total. The maximum atomic E-state index is 13.3. The molecular weight excluding hydrogens is 407 g/mol. The van der Waals surface area contributed by atoms with E-state index in [4.69, 9.17) is 11.6 Å². The van der Waals surface area contributed by atoms with E-state index in [1.54, 1.807) is 48.6 Å². The molecule has 0 radical (unpaired) electrons. The second kappa shape index (κ2) is 7.93. The molecule has 0 spiro atoms. The zero-order valence-corrected chi connectivity index (χ0v) is 16.2. The molecule has 1 heterocycles. The fourth-order valence-corrected chi connectivity index (χ4v) is 3.28. The number of aromatic carboxylic acids is 1. The molecule has 0 saturated carbocycles. The van der Waals surface area contributed by atoms with Gasteiger partial charge in [0.2, 0.25) is 0 Å². The van der Waals surface area contributed by atoms with Crippen molar-refractivity contribution in [1.29, 1.82) is 0 Å². The molecule has 0 fully saturated rings. The van der Waals surface area contributed by atoms with Crippen LogP contribution >= 0.6 is 11.6 Å². The van der Waals surface area contributed by atoms with Gasteiger partial charge in [-0.1, -0.05) is 41.9 Å². The van der Waals surface area contributed by atoms with Crippen LogP contribution in [-0.4, -0.2) is 20.6 Å². The summed E-state index contributed by atoms with van der Waals surface area (Å²) in [6, 6.07) is 16.8. The molecule has 1 aromatic heterocycles. The first-order valence-corrected chi connectivity index (χ1v) is 9.30. The molecule has 30 heavy (non-hydrogen) atoms. The molecule has 0 amide bonds. The minimum Gasteiger partial charge on any atom is -0.478 e. The first kappa shape index (κ1) is 19.5. The molecular formula is C23H14ClFN2O3. The molecule has 0 aliphatic heterocycles. The summed E-state index contributed by atoms with van der Waals surface area (Å²) in [6.45, 7) is 0. The van der Waals surface area contributed by atoms with E-state index in [1.165, 1.54) is 34.9 Å². The molecule has 0 unspecified atom stereocenters. The Balaban J connectivity index is 2.01. The molecule has 0 atom stereocenters. The number of fused-ring (bicyclic) bond motifs is 1. The topological polar surface area (TPSA) is 72.2 Å². The minimum absolute atomic E-state index is 0.0880. The lowest BCUT2D eigenvalue weighted by molar-refractivity contribution is 0.0697. The highest BCUT2D eigenvalue weighted by atomic mass is 35.5. The minimum atomic E-state index is -1.20. The van der Waals surface area contributed by atoms with Gasteiger partial charge in [0.05, 0.1) is 22.2 Å². The fourth-order valence-electron chi connectivity index (χ4n) is 3.11. The summed E-state index contributed by atoms with van der Waals surface area (Å²) in [4.78, 5) is 29.6. The molecule has 4 rings (SSSR count). The number of para-hydroxylation sites is 1. The lowest BCUT2D eigenvalue weighted by Gasteiger charge is -2.14. The molecule has 1 N–H and O–H groups in total. The monoisotopic (exact) mass is 420 g/mol. The lowest BCUT2D eigenvalue weighted by Crippen LogP contribution is -2.24. The Morgan fingerprint density at radius 2 is 1.77 bits per heavy atom. The van der Waals surface area contributed by atoms with Crippen LogP contribution in [0.4, 0.5) is 4.39 Å². The van der Waals surface area contributed by atoms with E-state index in [-0.39, 0.29) is 27.9 Å². The van der Waals surface area contributed by atoms with Gasteiger partial charge in [-0.25, -0.2) is 14.2 Å². The summed E-state index contributed by atoms with van der Waals surface area (Å²) in [5.41, 5.74) is 0.752. The maximum Gasteiger partial charge on any atom is 0.337 e. The second-order valence-corrected chi connectivity index (χ2v) is 6.92. The van der Waals surface area contributed by atoms with E-state index in [2.05, 4.69) is 4.98 Å². The van der Waals surface area contributed by atoms with Gasteiger partial charge in [0.1, 0.15) is 11.6 Å². The Hall–Kier alpha value is -3.77. The fraction of sp³-hybridized carbons (Fsp3) is 0. The number of carboxylic acid groups (broad SMARTS) is 1. The predicted octanol–water partition coefficient (Wildman–Crippen LogP) is 5.05. The van der Waals surface area contributed by atoms with Gasteiger partial charge in [-0.3, -0.25) is 9.36 Å². The summed E-state index contributed by atoms with van der Waals surface area (Å²) in [5, 5.41) is 10.2. The lowest BCUT2D eigenvalue weighted by atomic mass is 10.1. The zero-order valence-electron chi connectivity index (χ0n) is 15.4. The summed E-state index contributed by atoms with van der Waals surface area (Å²) >= 11 is 6.10. The molecule has 0 aliphatic rings. The zero-order chi connectivity index (χ0) is 21.3. The third kappa shape index (κ3) is 3.73. The predicted molar refractivity (Wildman–Crippen MR) is 115 cm³/mol. The molecule has 7 heteroatoms. The maximum absolute atomic E-state index is 13.3. The van der Waals surface area contributed by atoms with Crippen LogP contribution in [0, 0.1) is 5.82 Å². The van der Waals surface area contributed by atoms with Crippen molar-refractivity contribution in [1.82, 2.24) is 9.55 Å². The van der Waals surface area contributed by atoms with Crippen LogP contribution in [0.2, 0.25) is 5.02 Å². The van der Waals surface area contributed by atoms with Gasteiger partial charge in [-0.2, -0.15) is 0 Å². The number of aromatic nitrogens is 2. The molecule has 3 aromatic carbocycles. The average Bonchev–Trinajstić information content (AvgIpc) is 2.73. The normalized spacial score (nSPS) is 11.3. The number of hydrogen-bond donors (Lipinski definition) is 1. The molecule has 4 aromatic rings. The van der Waals surface area contributed by atoms with E-state index in [9.17, 15) is 19.1 Å². The van der Waals surface area contributed by atoms with Crippen LogP contribution in [0.5, 0.6) is 0 Å². The number of carbonyl (C=O) groups is 1. The smallest absolute Gasteiger partial charge is 0.337 e. The third-order valence-electron chi connectivity index (χ3n) is 4.53. The molecule has 148 valence electrons. The first-order chi connectivity index (χ1) is 14.4. The highest BCUT2D eigenvalue weighted by Gasteiger charge is 2.18. The first-order valence-electron chi connectivity index (χ1n) is 8.93. The Labute approximate surface area is 175 Å². The van der Waals surface area contributed by atoms with Crippen LogP contribution in [0.15, 0.2) is 71.5 Å². The van der Waals surface area contributed by atoms with Crippen molar-refractivity contribution < 1.29 is 14.3 Å². The summed E-state index contributed by atoms with van der Waals surface area (Å²) in [7, 11) is 0. The summed E-state index contributed by atoms with van der Waals surface area (Å²) in [5.74, 6) is -1.35. The number of hydrogen-bond acceptors (Lipinski definition) is 3. The van der Waals surface area contributed by atoms with Crippen molar-refractivity contribution in [3.8, 4) is 5.69 Å². The van der Waals surface area contributed by atoms with Crippen molar-refractivity contribution in [2.45, 2.75) is 0 Å². The van der Waals surface area contributed by atoms with E-state index < -0.39 is 11.5 Å². The van der Waals surface area contributed by atoms with Crippen LogP contribution in [-0.2, 0) is 0 Å². The van der Waals surface area contributed by atoms with Gasteiger partial charge in [0, 0.05) is 5.02 Å². The summed E-state index contributed by atoms with van der Waals surface area (Å²) < 4.78 is 14.4. The van der Waals surface area contributed by atoms with Crippen molar-refractivity contribution in [2.75, 3.05) is 0 Å².